The van der Waals surface area contributed by atoms with Gasteiger partial charge in [0.1, 0.15) is 5.15 Å². The molecule has 3 nitrogen and oxygen atoms in total. The van der Waals surface area contributed by atoms with Crippen molar-refractivity contribution in [3.8, 4) is 0 Å². The first kappa shape index (κ1) is 12.5. The molecule has 0 radical (unpaired) electrons. The zero-order valence-corrected chi connectivity index (χ0v) is 10.8. The molecule has 1 heterocycles. The number of aromatic nitrogens is 1. The quantitative estimate of drug-likeness (QED) is 0.621. The summed E-state index contributed by atoms with van der Waals surface area (Å²) >= 11 is 5.83. The second kappa shape index (κ2) is 6.10. The van der Waals surface area contributed by atoms with E-state index in [1.165, 1.54) is 38.5 Å². The van der Waals surface area contributed by atoms with Crippen molar-refractivity contribution in [2.24, 2.45) is 5.92 Å². The Kier molecular flexibility index (Phi) is 4.49. The van der Waals surface area contributed by atoms with E-state index in [1.54, 1.807) is 12.1 Å². The SMILES string of the molecule is Nc1ccc(Cl)nc1NCCCC1CCCC1. The number of nitrogens with zero attached hydrogens (tertiary/aromatic N) is 1. The molecule has 3 N–H and O–H groups in total. The normalized spacial score (nSPS) is 16.3. The standard InChI is InChI=1S/C13H20ClN3/c14-12-8-7-11(15)13(17-12)16-9-3-6-10-4-1-2-5-10/h7-8,10H,1-6,9,15H2,(H,16,17). The van der Waals surface area contributed by atoms with Crippen LogP contribution < -0.4 is 11.1 Å². The molecule has 0 spiro atoms. The van der Waals surface area contributed by atoms with Gasteiger partial charge in [0, 0.05) is 6.54 Å². The van der Waals surface area contributed by atoms with Gasteiger partial charge in [0.15, 0.2) is 5.82 Å². The highest BCUT2D eigenvalue weighted by Crippen LogP contribution is 2.28. The van der Waals surface area contributed by atoms with Crippen molar-refractivity contribution in [3.63, 3.8) is 0 Å². The van der Waals surface area contributed by atoms with Crippen molar-refractivity contribution < 1.29 is 0 Å². The minimum Gasteiger partial charge on any atom is -0.396 e. The number of halogens is 1. The second-order valence-electron chi connectivity index (χ2n) is 4.79. The van der Waals surface area contributed by atoms with Gasteiger partial charge < -0.3 is 11.1 Å². The lowest BCUT2D eigenvalue weighted by Crippen LogP contribution is -2.07. The van der Waals surface area contributed by atoms with Crippen LogP contribution in [0.1, 0.15) is 38.5 Å². The third-order valence-corrected chi connectivity index (χ3v) is 3.66. The van der Waals surface area contributed by atoms with Crippen molar-refractivity contribution in [1.82, 2.24) is 4.98 Å². The summed E-state index contributed by atoms with van der Waals surface area (Å²) in [7, 11) is 0. The van der Waals surface area contributed by atoms with Crippen LogP contribution in [0.5, 0.6) is 0 Å². The third kappa shape index (κ3) is 3.77. The zero-order valence-electron chi connectivity index (χ0n) is 10.1. The summed E-state index contributed by atoms with van der Waals surface area (Å²) in [6.45, 7) is 0.925. The Morgan fingerprint density at radius 1 is 1.35 bits per heavy atom. The number of rotatable bonds is 5. The van der Waals surface area contributed by atoms with Crippen LogP contribution in [-0.4, -0.2) is 11.5 Å². The van der Waals surface area contributed by atoms with Gasteiger partial charge in [0.25, 0.3) is 0 Å². The summed E-state index contributed by atoms with van der Waals surface area (Å²) < 4.78 is 0. The molecule has 0 atom stereocenters. The van der Waals surface area contributed by atoms with Gasteiger partial charge in [-0.2, -0.15) is 0 Å². The van der Waals surface area contributed by atoms with Crippen LogP contribution in [-0.2, 0) is 0 Å². The van der Waals surface area contributed by atoms with Gasteiger partial charge >= 0.3 is 0 Å². The fourth-order valence-corrected chi connectivity index (χ4v) is 2.63. The number of nitrogens with two attached hydrogens (primary N) is 1. The molecule has 1 aromatic heterocycles. The molecule has 17 heavy (non-hydrogen) atoms. The average Bonchev–Trinajstić information content (AvgIpc) is 2.82. The minimum atomic E-state index is 0.484. The van der Waals surface area contributed by atoms with E-state index in [2.05, 4.69) is 10.3 Å². The Bertz CT molecular complexity index is 362. The monoisotopic (exact) mass is 253 g/mol. The molecule has 1 aliphatic rings. The highest BCUT2D eigenvalue weighted by atomic mass is 35.5. The summed E-state index contributed by atoms with van der Waals surface area (Å²) in [5, 5.41) is 3.74. The Balaban J connectivity index is 1.72. The van der Waals surface area contributed by atoms with E-state index in [-0.39, 0.29) is 0 Å². The van der Waals surface area contributed by atoms with E-state index >= 15 is 0 Å². The van der Waals surface area contributed by atoms with Crippen LogP contribution >= 0.6 is 11.6 Å². The summed E-state index contributed by atoms with van der Waals surface area (Å²) in [4.78, 5) is 4.17. The Morgan fingerprint density at radius 3 is 2.88 bits per heavy atom. The molecule has 1 saturated carbocycles. The van der Waals surface area contributed by atoms with Crippen LogP contribution in [0.15, 0.2) is 12.1 Å². The number of hydrogen-bond donors (Lipinski definition) is 2. The second-order valence-corrected chi connectivity index (χ2v) is 5.18. The molecule has 0 unspecified atom stereocenters. The number of nitrogens with one attached hydrogen (secondary N) is 1. The van der Waals surface area contributed by atoms with E-state index in [0.717, 1.165) is 12.5 Å². The van der Waals surface area contributed by atoms with Crippen LogP contribution in [0.2, 0.25) is 5.15 Å². The van der Waals surface area contributed by atoms with E-state index < -0.39 is 0 Å². The number of hydrogen-bond acceptors (Lipinski definition) is 3. The number of anilines is 2. The molecule has 0 aliphatic heterocycles. The average molecular weight is 254 g/mol. The molecule has 0 aromatic carbocycles. The van der Waals surface area contributed by atoms with Crippen molar-refractivity contribution in [2.75, 3.05) is 17.6 Å². The largest absolute Gasteiger partial charge is 0.396 e. The van der Waals surface area contributed by atoms with Gasteiger partial charge in [-0.15, -0.1) is 0 Å². The van der Waals surface area contributed by atoms with Crippen LogP contribution in [0.4, 0.5) is 11.5 Å². The molecule has 0 saturated heterocycles. The van der Waals surface area contributed by atoms with E-state index in [0.29, 0.717) is 16.7 Å². The van der Waals surface area contributed by atoms with E-state index in [1.807, 2.05) is 0 Å². The van der Waals surface area contributed by atoms with Gasteiger partial charge in [-0.3, -0.25) is 0 Å². The summed E-state index contributed by atoms with van der Waals surface area (Å²) in [5.41, 5.74) is 6.47. The van der Waals surface area contributed by atoms with Gasteiger partial charge in [-0.25, -0.2) is 4.98 Å². The molecule has 0 bridgehead atoms. The van der Waals surface area contributed by atoms with Crippen molar-refractivity contribution >= 4 is 23.1 Å². The van der Waals surface area contributed by atoms with Crippen LogP contribution in [0.3, 0.4) is 0 Å². The molecule has 94 valence electrons. The lowest BCUT2D eigenvalue weighted by Gasteiger charge is -2.11. The smallest absolute Gasteiger partial charge is 0.150 e. The Hall–Kier alpha value is -0.960. The van der Waals surface area contributed by atoms with E-state index in [4.69, 9.17) is 17.3 Å². The van der Waals surface area contributed by atoms with E-state index in [9.17, 15) is 0 Å². The molecule has 2 rings (SSSR count). The molecule has 1 aliphatic carbocycles. The predicted molar refractivity (Wildman–Crippen MR) is 73.3 cm³/mol. The minimum absolute atomic E-state index is 0.484. The molecule has 0 amide bonds. The molecule has 4 heteroatoms. The molecule has 1 aromatic rings. The maximum absolute atomic E-state index is 5.83. The van der Waals surface area contributed by atoms with Gasteiger partial charge in [0.2, 0.25) is 0 Å². The summed E-state index contributed by atoms with van der Waals surface area (Å²) in [6.07, 6.45) is 8.16. The summed E-state index contributed by atoms with van der Waals surface area (Å²) in [6, 6.07) is 3.50. The first-order chi connectivity index (χ1) is 8.25. The fourth-order valence-electron chi connectivity index (χ4n) is 2.48. The highest BCUT2D eigenvalue weighted by Gasteiger charge is 2.13. The molecule has 1 fully saturated rings. The first-order valence-corrected chi connectivity index (χ1v) is 6.79. The van der Waals surface area contributed by atoms with Gasteiger partial charge in [-0.05, 0) is 30.9 Å². The van der Waals surface area contributed by atoms with Crippen LogP contribution in [0.25, 0.3) is 0 Å². The Labute approximate surface area is 108 Å². The number of nitrogen functional groups attached to an aromatic ring is 1. The third-order valence-electron chi connectivity index (χ3n) is 3.45. The van der Waals surface area contributed by atoms with Crippen LogP contribution in [0, 0.1) is 5.92 Å². The van der Waals surface area contributed by atoms with Gasteiger partial charge in [0.05, 0.1) is 5.69 Å². The Morgan fingerprint density at radius 2 is 2.12 bits per heavy atom. The maximum atomic E-state index is 5.83. The van der Waals surface area contributed by atoms with Crippen molar-refractivity contribution in [1.29, 1.82) is 0 Å². The topological polar surface area (TPSA) is 50.9 Å². The van der Waals surface area contributed by atoms with Crippen molar-refractivity contribution in [2.45, 2.75) is 38.5 Å². The zero-order chi connectivity index (χ0) is 12.1. The fraction of sp³-hybridized carbons (Fsp3) is 0.615. The molecular formula is C13H20ClN3. The predicted octanol–water partition coefficient (Wildman–Crippen LogP) is 3.70. The first-order valence-electron chi connectivity index (χ1n) is 6.41. The van der Waals surface area contributed by atoms with Gasteiger partial charge in [-0.1, -0.05) is 37.3 Å². The number of pyridine rings is 1. The summed E-state index contributed by atoms with van der Waals surface area (Å²) in [5.74, 6) is 1.66. The lowest BCUT2D eigenvalue weighted by atomic mass is 10.0. The highest BCUT2D eigenvalue weighted by molar-refractivity contribution is 6.29. The molecular weight excluding hydrogens is 234 g/mol. The lowest BCUT2D eigenvalue weighted by molar-refractivity contribution is 0.491. The van der Waals surface area contributed by atoms with Crippen molar-refractivity contribution in [3.05, 3.63) is 17.3 Å². The maximum Gasteiger partial charge on any atom is 0.150 e.